The van der Waals surface area contributed by atoms with Gasteiger partial charge in [-0.25, -0.2) is 4.98 Å². The third-order valence-corrected chi connectivity index (χ3v) is 5.47. The van der Waals surface area contributed by atoms with Crippen LogP contribution in [0, 0.1) is 0 Å². The van der Waals surface area contributed by atoms with E-state index in [1.165, 1.54) is 7.11 Å². The van der Waals surface area contributed by atoms with Gasteiger partial charge in [0, 0.05) is 18.2 Å². The highest BCUT2D eigenvalue weighted by Crippen LogP contribution is 2.47. The number of hydrogen-bond acceptors (Lipinski definition) is 5. The van der Waals surface area contributed by atoms with E-state index in [1.807, 2.05) is 6.92 Å². The molecular weight excluding hydrogens is 290 g/mol. The summed E-state index contributed by atoms with van der Waals surface area (Å²) in [5, 5.41) is 2.82. The van der Waals surface area contributed by atoms with Crippen LogP contribution in [0.3, 0.4) is 0 Å². The van der Waals surface area contributed by atoms with Gasteiger partial charge < -0.3 is 15.0 Å². The number of fused-ring (bicyclic) bond motifs is 1. The summed E-state index contributed by atoms with van der Waals surface area (Å²) in [5.74, 6) is 1.04. The number of thioether (sulfide) groups is 1. The Morgan fingerprint density at radius 2 is 2.38 bits per heavy atom. The van der Waals surface area contributed by atoms with Crippen LogP contribution in [-0.4, -0.2) is 45.5 Å². The molecule has 2 amide bonds. The van der Waals surface area contributed by atoms with E-state index in [2.05, 4.69) is 10.3 Å². The van der Waals surface area contributed by atoms with E-state index in [-0.39, 0.29) is 16.7 Å². The Labute approximate surface area is 127 Å². The molecule has 3 rings (SSSR count). The van der Waals surface area contributed by atoms with Crippen LogP contribution < -0.4 is 10.1 Å². The van der Waals surface area contributed by atoms with E-state index in [0.29, 0.717) is 23.7 Å². The standard InChI is InChI=1S/C14H17N3O3S/c1-14-6-5-12(18)17(14)10(8-21-14)13(19)16-9-3-4-11(20-2)15-7-9/h3-4,7,10H,5-6,8H2,1-2H3,(H,16,19)/t10-,14+/m0/s1. The maximum Gasteiger partial charge on any atom is 0.248 e. The molecule has 1 aromatic heterocycles. The van der Waals surface area contributed by atoms with Gasteiger partial charge in [0.15, 0.2) is 0 Å². The fraction of sp³-hybridized carbons (Fsp3) is 0.500. The minimum absolute atomic E-state index is 0.0653. The second kappa shape index (κ2) is 5.22. The van der Waals surface area contributed by atoms with Gasteiger partial charge >= 0.3 is 0 Å². The zero-order chi connectivity index (χ0) is 15.0. The van der Waals surface area contributed by atoms with E-state index in [4.69, 9.17) is 4.74 Å². The van der Waals surface area contributed by atoms with Crippen molar-refractivity contribution in [3.05, 3.63) is 18.3 Å². The molecule has 2 fully saturated rings. The molecule has 0 unspecified atom stereocenters. The molecule has 0 radical (unpaired) electrons. The van der Waals surface area contributed by atoms with Crippen molar-refractivity contribution >= 4 is 29.3 Å². The number of nitrogens with one attached hydrogen (secondary N) is 1. The van der Waals surface area contributed by atoms with E-state index in [1.54, 1.807) is 35.0 Å². The Bertz CT molecular complexity index is 577. The van der Waals surface area contributed by atoms with Crippen LogP contribution in [0.25, 0.3) is 0 Å². The van der Waals surface area contributed by atoms with Crippen molar-refractivity contribution in [1.29, 1.82) is 0 Å². The van der Waals surface area contributed by atoms with Crippen molar-refractivity contribution < 1.29 is 14.3 Å². The predicted molar refractivity (Wildman–Crippen MR) is 80.1 cm³/mol. The van der Waals surface area contributed by atoms with Gasteiger partial charge in [0.2, 0.25) is 17.7 Å². The first kappa shape index (κ1) is 14.2. The highest BCUT2D eigenvalue weighted by atomic mass is 32.2. The van der Waals surface area contributed by atoms with Crippen molar-refractivity contribution in [2.45, 2.75) is 30.7 Å². The van der Waals surface area contributed by atoms with Gasteiger partial charge in [-0.3, -0.25) is 9.59 Å². The summed E-state index contributed by atoms with van der Waals surface area (Å²) in [6.45, 7) is 2.03. The SMILES string of the molecule is COc1ccc(NC(=O)[C@@H]2CS[C@]3(C)CCC(=O)N23)cn1. The van der Waals surface area contributed by atoms with Crippen LogP contribution in [0.15, 0.2) is 18.3 Å². The molecule has 3 heterocycles. The van der Waals surface area contributed by atoms with Crippen molar-refractivity contribution in [2.75, 3.05) is 18.2 Å². The molecule has 1 aromatic rings. The molecule has 112 valence electrons. The van der Waals surface area contributed by atoms with Crippen molar-refractivity contribution in [3.63, 3.8) is 0 Å². The molecule has 2 aliphatic heterocycles. The van der Waals surface area contributed by atoms with E-state index in [0.717, 1.165) is 6.42 Å². The lowest BCUT2D eigenvalue weighted by atomic mass is 10.2. The van der Waals surface area contributed by atoms with Gasteiger partial charge in [-0.2, -0.15) is 0 Å². The molecule has 0 bridgehead atoms. The topological polar surface area (TPSA) is 71.5 Å². The number of methoxy groups -OCH3 is 1. The molecular formula is C14H17N3O3S. The lowest BCUT2D eigenvalue weighted by Crippen LogP contribution is -2.48. The average molecular weight is 307 g/mol. The summed E-state index contributed by atoms with van der Waals surface area (Å²) in [6.07, 6.45) is 2.88. The van der Waals surface area contributed by atoms with Gasteiger partial charge in [-0.1, -0.05) is 0 Å². The molecule has 21 heavy (non-hydrogen) atoms. The summed E-state index contributed by atoms with van der Waals surface area (Å²) >= 11 is 1.68. The predicted octanol–water partition coefficient (Wildman–Crippen LogP) is 1.48. The quantitative estimate of drug-likeness (QED) is 0.916. The van der Waals surface area contributed by atoms with Crippen LogP contribution in [0.5, 0.6) is 5.88 Å². The lowest BCUT2D eigenvalue weighted by molar-refractivity contribution is -0.135. The monoisotopic (exact) mass is 307 g/mol. The first-order chi connectivity index (χ1) is 10.0. The van der Waals surface area contributed by atoms with E-state index < -0.39 is 6.04 Å². The second-order valence-corrected chi connectivity index (χ2v) is 6.85. The Morgan fingerprint density at radius 1 is 1.57 bits per heavy atom. The summed E-state index contributed by atoms with van der Waals surface area (Å²) < 4.78 is 4.98. The molecule has 2 aliphatic rings. The smallest absolute Gasteiger partial charge is 0.248 e. The summed E-state index contributed by atoms with van der Waals surface area (Å²) in [5.41, 5.74) is 0.603. The maximum absolute atomic E-state index is 12.4. The van der Waals surface area contributed by atoms with Crippen molar-refractivity contribution in [3.8, 4) is 5.88 Å². The van der Waals surface area contributed by atoms with Crippen molar-refractivity contribution in [1.82, 2.24) is 9.88 Å². The molecule has 1 N–H and O–H groups in total. The van der Waals surface area contributed by atoms with Gasteiger partial charge in [-0.15, -0.1) is 11.8 Å². The van der Waals surface area contributed by atoms with Gasteiger partial charge in [0.05, 0.1) is 23.9 Å². The van der Waals surface area contributed by atoms with Crippen LogP contribution in [0.4, 0.5) is 5.69 Å². The summed E-state index contributed by atoms with van der Waals surface area (Å²) in [4.78, 5) is 30.0. The van der Waals surface area contributed by atoms with Crippen LogP contribution in [0.1, 0.15) is 19.8 Å². The number of carbonyl (C=O) groups excluding carboxylic acids is 2. The Balaban J connectivity index is 1.72. The fourth-order valence-corrected chi connectivity index (χ4v) is 4.25. The number of anilines is 1. The van der Waals surface area contributed by atoms with Crippen LogP contribution >= 0.6 is 11.8 Å². The highest BCUT2D eigenvalue weighted by Gasteiger charge is 2.52. The number of aromatic nitrogens is 1. The zero-order valence-corrected chi connectivity index (χ0v) is 12.8. The van der Waals surface area contributed by atoms with Crippen LogP contribution in [-0.2, 0) is 9.59 Å². The third kappa shape index (κ3) is 2.46. The summed E-state index contributed by atoms with van der Waals surface area (Å²) in [6, 6.07) is 3.01. The van der Waals surface area contributed by atoms with Crippen molar-refractivity contribution in [2.24, 2.45) is 0 Å². The third-order valence-electron chi connectivity index (χ3n) is 3.96. The Hall–Kier alpha value is -1.76. The number of amides is 2. The Morgan fingerprint density at radius 3 is 3.05 bits per heavy atom. The van der Waals surface area contributed by atoms with E-state index >= 15 is 0 Å². The summed E-state index contributed by atoms with van der Waals surface area (Å²) in [7, 11) is 1.54. The minimum atomic E-state index is -0.405. The van der Waals surface area contributed by atoms with Gasteiger partial charge in [-0.05, 0) is 19.4 Å². The molecule has 6 nitrogen and oxygen atoms in total. The number of ether oxygens (including phenoxy) is 1. The molecule has 0 aliphatic carbocycles. The normalized spacial score (nSPS) is 27.6. The first-order valence-electron chi connectivity index (χ1n) is 6.80. The van der Waals surface area contributed by atoms with Crippen LogP contribution in [0.2, 0.25) is 0 Å². The highest BCUT2D eigenvalue weighted by molar-refractivity contribution is 8.01. The Kier molecular flexibility index (Phi) is 3.52. The number of pyridine rings is 1. The number of hydrogen-bond donors (Lipinski definition) is 1. The maximum atomic E-state index is 12.4. The van der Waals surface area contributed by atoms with E-state index in [9.17, 15) is 9.59 Å². The zero-order valence-electron chi connectivity index (χ0n) is 12.0. The molecule has 0 spiro atoms. The minimum Gasteiger partial charge on any atom is -0.481 e. The number of nitrogens with zero attached hydrogens (tertiary/aromatic N) is 2. The lowest BCUT2D eigenvalue weighted by Gasteiger charge is -2.29. The molecule has 0 saturated carbocycles. The largest absolute Gasteiger partial charge is 0.481 e. The first-order valence-corrected chi connectivity index (χ1v) is 7.79. The molecule has 2 atom stereocenters. The number of rotatable bonds is 3. The average Bonchev–Trinajstić information content (AvgIpc) is 2.97. The fourth-order valence-electron chi connectivity index (χ4n) is 2.82. The number of carbonyl (C=O) groups is 2. The molecule has 7 heteroatoms. The second-order valence-electron chi connectivity index (χ2n) is 5.34. The van der Waals surface area contributed by atoms with Gasteiger partial charge in [0.25, 0.3) is 0 Å². The van der Waals surface area contributed by atoms with Gasteiger partial charge in [0.1, 0.15) is 6.04 Å². The molecule has 0 aromatic carbocycles. The molecule has 2 saturated heterocycles.